The van der Waals surface area contributed by atoms with Crippen LogP contribution in [0, 0.1) is 12.3 Å². The van der Waals surface area contributed by atoms with Crippen LogP contribution in [0.4, 0.5) is 0 Å². The summed E-state index contributed by atoms with van der Waals surface area (Å²) in [5.74, 6) is 0. The molecule has 7 heavy (non-hydrogen) atoms. The average molecular weight is 343 g/mol. The Kier molecular flexibility index (Phi) is 3.13. The molecule has 0 amide bonds. The molecule has 0 aliphatic heterocycles. The molecule has 0 unspecified atom stereocenters. The Morgan fingerprint density at radius 1 is 1.43 bits per heavy atom. The summed E-state index contributed by atoms with van der Waals surface area (Å²) in [4.78, 5) is 0. The molecule has 0 aliphatic rings. The zero-order valence-corrected chi connectivity index (χ0v) is 9.73. The van der Waals surface area contributed by atoms with E-state index < -0.39 is 8.07 Å². The predicted molar refractivity (Wildman–Crippen MR) is 36.7 cm³/mol. The molecule has 0 N–H and O–H groups in total. The van der Waals surface area contributed by atoms with Gasteiger partial charge in [0.15, 0.2) is 0 Å². The summed E-state index contributed by atoms with van der Waals surface area (Å²) in [6.07, 6.45) is 0. The van der Waals surface area contributed by atoms with Gasteiger partial charge in [0, 0.05) is 0 Å². The van der Waals surface area contributed by atoms with Gasteiger partial charge in [-0.1, -0.05) is 0 Å². The minimum atomic E-state index is -0.578. The number of rotatable bonds is 2. The van der Waals surface area contributed by atoms with Crippen molar-refractivity contribution >= 4 is 15.1 Å². The van der Waals surface area contributed by atoms with Crippen molar-refractivity contribution in [3.63, 3.8) is 0 Å². The molecule has 0 fully saturated rings. The second-order valence-electron chi connectivity index (χ2n) is 2.96. The zero-order chi connectivity index (χ0) is 5.91. The Hall–Kier alpha value is 0.671. The first-order valence-corrected chi connectivity index (χ1v) is 11.6. The van der Waals surface area contributed by atoms with E-state index in [9.17, 15) is 0 Å². The predicted octanol–water partition coefficient (Wildman–Crippen LogP) is 0.915. The van der Waals surface area contributed by atoms with Crippen molar-refractivity contribution < 1.29 is 12.3 Å². The molecule has 0 heterocycles. The van der Waals surface area contributed by atoms with Gasteiger partial charge in [-0.2, -0.15) is 0 Å². The van der Waals surface area contributed by atoms with Crippen LogP contribution >= 0.6 is 0 Å². The first-order chi connectivity index (χ1) is 3.06. The van der Waals surface area contributed by atoms with Crippen LogP contribution in [0.15, 0.2) is 0 Å². The summed E-state index contributed by atoms with van der Waals surface area (Å²) in [7, 11) is 1.86. The normalized spacial score (nSPS) is 10.7. The van der Waals surface area contributed by atoms with E-state index in [1.807, 2.05) is 0 Å². The van der Waals surface area contributed by atoms with E-state index in [4.69, 9.17) is 0 Å². The topological polar surface area (TPSA) is 0 Å². The van der Waals surface area contributed by atoms with Crippen molar-refractivity contribution in [2.75, 3.05) is 0 Å². The van der Waals surface area contributed by atoms with Crippen molar-refractivity contribution in [3.05, 3.63) is 0 Å². The molecule has 0 saturated heterocycles. The summed E-state index contributed by atoms with van der Waals surface area (Å²) in [5, 5.41) is 1.66. The third-order valence-electron chi connectivity index (χ3n) is 0.535. The van der Waals surface area contributed by atoms with Gasteiger partial charge in [0.25, 0.3) is 0 Å². The molecule has 0 aromatic carbocycles. The Morgan fingerprint density at radius 3 is 1.86 bits per heavy atom. The fourth-order valence-electron chi connectivity index (χ4n) is 0.401. The second kappa shape index (κ2) is 2.85. The molecule has 43 valence electrons. The molecule has 0 nitrogen and oxygen atoms in total. The van der Waals surface area contributed by atoms with Crippen LogP contribution in [-0.4, -0.2) is 15.1 Å². The molecule has 0 spiro atoms. The molecule has 3 heteroatoms. The van der Waals surface area contributed by atoms with Crippen LogP contribution in [0.3, 0.4) is 0 Å². The summed E-state index contributed by atoms with van der Waals surface area (Å²) in [6, 6.07) is 0. The average Bonchev–Trinajstić information content (AvgIpc) is 1.30. The molecule has 0 aromatic heterocycles. The third kappa shape index (κ3) is 6.67. The summed E-state index contributed by atoms with van der Waals surface area (Å²) in [5.41, 5.74) is 0. The van der Waals surface area contributed by atoms with Crippen molar-refractivity contribution in [2.45, 2.75) is 24.9 Å². The van der Waals surface area contributed by atoms with Crippen molar-refractivity contribution in [2.24, 2.45) is 0 Å². The van der Waals surface area contributed by atoms with Crippen LogP contribution in [-0.2, 0) is 0 Å². The van der Waals surface area contributed by atoms with E-state index >= 15 is 0 Å². The van der Waals surface area contributed by atoms with E-state index in [0.717, 1.165) is 0 Å². The van der Waals surface area contributed by atoms with Gasteiger partial charge in [0.1, 0.15) is 0 Å². The Morgan fingerprint density at radius 2 is 1.86 bits per heavy atom. The summed E-state index contributed by atoms with van der Waals surface area (Å²) in [6.45, 7) is 7.37. The van der Waals surface area contributed by atoms with Crippen LogP contribution in [0.1, 0.15) is 0 Å². The van der Waals surface area contributed by atoms with Crippen LogP contribution in [0.25, 0.3) is 0 Å². The van der Waals surface area contributed by atoms with Crippen LogP contribution in [0.5, 0.6) is 0 Å². The first kappa shape index (κ1) is 7.67. The van der Waals surface area contributed by atoms with Gasteiger partial charge in [0.05, 0.1) is 0 Å². The molecule has 0 saturated carbocycles. The van der Waals surface area contributed by atoms with Crippen molar-refractivity contribution in [1.29, 1.82) is 0 Å². The molecule has 0 atom stereocenters. The summed E-state index contributed by atoms with van der Waals surface area (Å²) < 4.78 is 0. The van der Waals surface area contributed by atoms with Gasteiger partial charge in [-0.05, 0) is 0 Å². The third-order valence-corrected chi connectivity index (χ3v) is 15.0. The van der Waals surface area contributed by atoms with Gasteiger partial charge in [0.2, 0.25) is 0 Å². The fourth-order valence-corrected chi connectivity index (χ4v) is 11.2. The van der Waals surface area contributed by atoms with Gasteiger partial charge in [-0.25, -0.2) is 0 Å². The fraction of sp³-hybridized carbons (Fsp3) is 1.00. The first-order valence-electron chi connectivity index (χ1n) is 2.50. The summed E-state index contributed by atoms with van der Waals surface area (Å²) >= 11 is 0.0860. The van der Waals surface area contributed by atoms with Gasteiger partial charge in [-0.3, -0.25) is 0 Å². The Labute approximate surface area is 52.9 Å². The maximum absolute atomic E-state index is 2.46. The molecule has 0 bridgehead atoms. The number of hydrogen-bond donors (Lipinski definition) is 0. The minimum absolute atomic E-state index is 0.0860. The Bertz CT molecular complexity index is 50.1. The molecular formula is C4H13AmBSi. The van der Waals surface area contributed by atoms with Crippen molar-refractivity contribution in [3.8, 4) is 0 Å². The molecular weight excluding hydrogens is 330 g/mol. The van der Waals surface area contributed by atoms with Crippen LogP contribution in [0.2, 0.25) is 24.9 Å². The van der Waals surface area contributed by atoms with Crippen LogP contribution < -0.4 is 0 Å². The second-order valence-corrected chi connectivity index (χ2v) is 13.9. The number of hydrogen-bond acceptors (Lipinski definition) is 0. The molecule has 0 aromatic rings. The molecule has 0 radical (unpaired) electrons. The zero-order valence-electron chi connectivity index (χ0n) is 5.59. The van der Waals surface area contributed by atoms with E-state index in [-0.39, 0.29) is 12.3 Å². The molecule has 0 rings (SSSR count). The van der Waals surface area contributed by atoms with E-state index in [1.165, 1.54) is 0 Å². The molecule has 0 aliphatic carbocycles. The monoisotopic (exact) mass is 341 g/mol. The van der Waals surface area contributed by atoms with Crippen molar-refractivity contribution in [1.82, 2.24) is 0 Å². The van der Waals surface area contributed by atoms with E-state index in [1.54, 1.807) is 5.28 Å². The quantitative estimate of drug-likeness (QED) is 0.654. The van der Waals surface area contributed by atoms with E-state index in [0.29, 0.717) is 0 Å². The SMILES string of the molecule is [BH2][Am][CH2][Si](C)(C)C. The van der Waals surface area contributed by atoms with Gasteiger partial charge < -0.3 is 0 Å². The standard InChI is InChI=1S/C4H11Si.Am.BH2/c1-5(2,3)4;;/h1H2,2-4H3;;1H2/q;-1;+1. The Balaban J connectivity index is 3.15. The van der Waals surface area contributed by atoms with Gasteiger partial charge >= 0.3 is 52.3 Å². The van der Waals surface area contributed by atoms with Gasteiger partial charge in [-0.15, -0.1) is 0 Å². The maximum atomic E-state index is 2.46. The van der Waals surface area contributed by atoms with E-state index in [2.05, 4.69) is 26.7 Å².